The molecule has 2 N–H and O–H groups in total. The first kappa shape index (κ1) is 15.1. The highest BCUT2D eigenvalue weighted by molar-refractivity contribution is 5.80. The van der Waals surface area contributed by atoms with Crippen LogP contribution in [0.5, 0.6) is 5.75 Å². The first-order valence-electron chi connectivity index (χ1n) is 7.05. The van der Waals surface area contributed by atoms with E-state index < -0.39 is 6.10 Å². The molecule has 0 aliphatic rings. The molecule has 0 radical (unpaired) electrons. The molecule has 0 aliphatic heterocycles. The minimum absolute atomic E-state index is 0.112. The first-order valence-corrected chi connectivity index (χ1v) is 7.05. The van der Waals surface area contributed by atoms with Gasteiger partial charge in [-0.25, -0.2) is 0 Å². The number of carbonyl (C=O) groups excluding carboxylic acids is 1. The topological polar surface area (TPSA) is 67.0 Å². The van der Waals surface area contributed by atoms with E-state index >= 15 is 0 Å². The predicted molar refractivity (Wildman–Crippen MR) is 81.3 cm³/mol. The summed E-state index contributed by atoms with van der Waals surface area (Å²) in [6.07, 6.45) is 3.80. The Morgan fingerprint density at radius 3 is 2.95 bits per heavy atom. The molecule has 5 nitrogen and oxygen atoms in total. The molecule has 112 valence electrons. The second-order valence-corrected chi connectivity index (χ2v) is 5.18. The van der Waals surface area contributed by atoms with Crippen molar-refractivity contribution in [2.24, 2.45) is 0 Å². The van der Waals surface area contributed by atoms with Gasteiger partial charge in [-0.15, -0.1) is 0 Å². The molecule has 1 unspecified atom stereocenters. The van der Waals surface area contributed by atoms with Gasteiger partial charge in [0.05, 0.1) is 6.20 Å². The van der Waals surface area contributed by atoms with Crippen molar-refractivity contribution in [3.63, 3.8) is 0 Å². The lowest BCUT2D eigenvalue weighted by Crippen LogP contribution is -2.37. The quantitative estimate of drug-likeness (QED) is 0.855. The van der Waals surface area contributed by atoms with E-state index in [4.69, 9.17) is 4.74 Å². The average molecular weight is 287 g/mol. The summed E-state index contributed by atoms with van der Waals surface area (Å²) in [4.78, 5) is 12.0. The Morgan fingerprint density at radius 1 is 1.43 bits per heavy atom. The Kier molecular flexibility index (Phi) is 4.98. The van der Waals surface area contributed by atoms with Crippen LogP contribution in [0.25, 0.3) is 0 Å². The van der Waals surface area contributed by atoms with Gasteiger partial charge < -0.3 is 10.1 Å². The fourth-order valence-electron chi connectivity index (χ4n) is 1.97. The zero-order valence-electron chi connectivity index (χ0n) is 12.6. The maximum Gasteiger partial charge on any atom is 0.260 e. The highest BCUT2D eigenvalue weighted by Gasteiger charge is 2.15. The summed E-state index contributed by atoms with van der Waals surface area (Å²) >= 11 is 0. The third-order valence-corrected chi connectivity index (χ3v) is 3.28. The zero-order chi connectivity index (χ0) is 15.2. The van der Waals surface area contributed by atoms with Gasteiger partial charge in [0.15, 0.2) is 6.10 Å². The van der Waals surface area contributed by atoms with Crippen LogP contribution in [0.15, 0.2) is 30.6 Å². The molecular weight excluding hydrogens is 266 g/mol. The third-order valence-electron chi connectivity index (χ3n) is 3.28. The second kappa shape index (κ2) is 6.92. The van der Waals surface area contributed by atoms with Crippen molar-refractivity contribution in [1.82, 2.24) is 15.5 Å². The van der Waals surface area contributed by atoms with E-state index in [1.54, 1.807) is 13.1 Å². The summed E-state index contributed by atoms with van der Waals surface area (Å²) in [5.74, 6) is 0.645. The predicted octanol–water partition coefficient (Wildman–Crippen LogP) is 2.15. The first-order chi connectivity index (χ1) is 10.1. The minimum Gasteiger partial charge on any atom is -0.481 e. The maximum absolute atomic E-state index is 12.0. The van der Waals surface area contributed by atoms with Gasteiger partial charge in [-0.3, -0.25) is 9.89 Å². The van der Waals surface area contributed by atoms with Crippen molar-refractivity contribution in [3.05, 3.63) is 47.3 Å². The van der Waals surface area contributed by atoms with Gasteiger partial charge in [0.25, 0.3) is 5.91 Å². The normalized spacial score (nSPS) is 12.0. The summed E-state index contributed by atoms with van der Waals surface area (Å²) in [7, 11) is 0. The molecule has 0 saturated carbocycles. The minimum atomic E-state index is -0.519. The molecule has 0 aliphatic carbocycles. The van der Waals surface area contributed by atoms with E-state index in [-0.39, 0.29) is 5.91 Å². The fraction of sp³-hybridized carbons (Fsp3) is 0.375. The summed E-state index contributed by atoms with van der Waals surface area (Å²) in [6, 6.07) is 5.97. The molecule has 1 aromatic heterocycles. The summed E-state index contributed by atoms with van der Waals surface area (Å²) in [5.41, 5.74) is 3.21. The number of rotatable bonds is 6. The molecule has 1 aromatic carbocycles. The smallest absolute Gasteiger partial charge is 0.260 e. The largest absolute Gasteiger partial charge is 0.481 e. The van der Waals surface area contributed by atoms with Crippen molar-refractivity contribution in [2.45, 2.75) is 33.3 Å². The third kappa shape index (κ3) is 4.34. The number of aromatic nitrogens is 2. The Labute approximate surface area is 124 Å². The van der Waals surface area contributed by atoms with E-state index in [0.717, 1.165) is 28.9 Å². The van der Waals surface area contributed by atoms with E-state index in [1.807, 2.05) is 38.2 Å². The maximum atomic E-state index is 12.0. The SMILES string of the molecule is Cc1ccc(C)c(OC(C)C(=O)NCCc2cn[nH]c2)c1. The lowest BCUT2D eigenvalue weighted by molar-refractivity contribution is -0.127. The lowest BCUT2D eigenvalue weighted by atomic mass is 10.1. The van der Waals surface area contributed by atoms with Gasteiger partial charge in [-0.2, -0.15) is 5.10 Å². The van der Waals surface area contributed by atoms with Crippen molar-refractivity contribution in [1.29, 1.82) is 0 Å². The van der Waals surface area contributed by atoms with Crippen LogP contribution in [-0.4, -0.2) is 28.8 Å². The van der Waals surface area contributed by atoms with Crippen LogP contribution >= 0.6 is 0 Å². The number of nitrogens with one attached hydrogen (secondary N) is 2. The van der Waals surface area contributed by atoms with Gasteiger partial charge >= 0.3 is 0 Å². The Bertz CT molecular complexity index is 594. The van der Waals surface area contributed by atoms with E-state index in [1.165, 1.54) is 0 Å². The van der Waals surface area contributed by atoms with Crippen LogP contribution in [0.4, 0.5) is 0 Å². The molecule has 0 bridgehead atoms. The van der Waals surface area contributed by atoms with Gasteiger partial charge in [-0.1, -0.05) is 12.1 Å². The molecule has 1 amide bonds. The standard InChI is InChI=1S/C16H21N3O2/c1-11-4-5-12(2)15(8-11)21-13(3)16(20)17-7-6-14-9-18-19-10-14/h4-5,8-10,13H,6-7H2,1-3H3,(H,17,20)(H,18,19). The average Bonchev–Trinajstić information content (AvgIpc) is 2.96. The molecule has 0 saturated heterocycles. The number of carbonyl (C=O) groups is 1. The second-order valence-electron chi connectivity index (χ2n) is 5.18. The Hall–Kier alpha value is -2.30. The molecule has 0 fully saturated rings. The zero-order valence-corrected chi connectivity index (χ0v) is 12.6. The molecule has 0 spiro atoms. The van der Waals surface area contributed by atoms with E-state index in [2.05, 4.69) is 15.5 Å². The van der Waals surface area contributed by atoms with E-state index in [0.29, 0.717) is 6.54 Å². The number of benzene rings is 1. The number of aryl methyl sites for hydroxylation is 2. The number of aromatic amines is 1. The van der Waals surface area contributed by atoms with Gasteiger partial charge in [0.1, 0.15) is 5.75 Å². The molecular formula is C16H21N3O2. The van der Waals surface area contributed by atoms with Crippen molar-refractivity contribution in [2.75, 3.05) is 6.54 Å². The summed E-state index contributed by atoms with van der Waals surface area (Å²) in [5, 5.41) is 9.48. The highest BCUT2D eigenvalue weighted by Crippen LogP contribution is 2.20. The van der Waals surface area contributed by atoms with Crippen LogP contribution in [0.2, 0.25) is 0 Å². The molecule has 2 aromatic rings. The number of H-pyrrole nitrogens is 1. The number of amides is 1. The molecule has 5 heteroatoms. The van der Waals surface area contributed by atoms with Crippen LogP contribution in [0, 0.1) is 13.8 Å². The van der Waals surface area contributed by atoms with E-state index in [9.17, 15) is 4.79 Å². The molecule has 2 rings (SSSR count). The van der Waals surface area contributed by atoms with Gasteiger partial charge in [0.2, 0.25) is 0 Å². The van der Waals surface area contributed by atoms with Gasteiger partial charge in [-0.05, 0) is 49.9 Å². The highest BCUT2D eigenvalue weighted by atomic mass is 16.5. The van der Waals surface area contributed by atoms with Crippen molar-refractivity contribution < 1.29 is 9.53 Å². The van der Waals surface area contributed by atoms with Gasteiger partial charge in [0, 0.05) is 12.7 Å². The van der Waals surface area contributed by atoms with Crippen molar-refractivity contribution in [3.8, 4) is 5.75 Å². The molecule has 21 heavy (non-hydrogen) atoms. The van der Waals surface area contributed by atoms with Crippen LogP contribution in [0.1, 0.15) is 23.6 Å². The lowest BCUT2D eigenvalue weighted by Gasteiger charge is -2.16. The monoisotopic (exact) mass is 287 g/mol. The number of nitrogens with zero attached hydrogens (tertiary/aromatic N) is 1. The Balaban J connectivity index is 1.83. The fourth-order valence-corrected chi connectivity index (χ4v) is 1.97. The summed E-state index contributed by atoms with van der Waals surface area (Å²) < 4.78 is 5.74. The van der Waals surface area contributed by atoms with Crippen LogP contribution in [0.3, 0.4) is 0 Å². The number of ether oxygens (including phenoxy) is 1. The van der Waals surface area contributed by atoms with Crippen molar-refractivity contribution >= 4 is 5.91 Å². The van der Waals surface area contributed by atoms with Crippen LogP contribution in [-0.2, 0) is 11.2 Å². The Morgan fingerprint density at radius 2 is 2.24 bits per heavy atom. The number of hydrogen-bond acceptors (Lipinski definition) is 3. The van der Waals surface area contributed by atoms with Crippen LogP contribution < -0.4 is 10.1 Å². The summed E-state index contributed by atoms with van der Waals surface area (Å²) in [6.45, 7) is 6.30. The molecule has 1 atom stereocenters. The number of hydrogen-bond donors (Lipinski definition) is 2. The molecule has 1 heterocycles.